The smallest absolute Gasteiger partial charge is 0.130 e. The van der Waals surface area contributed by atoms with E-state index < -0.39 is 5.60 Å². The van der Waals surface area contributed by atoms with Gasteiger partial charge in [-0.3, -0.25) is 0 Å². The standard InChI is InChI=1S/C20H27NO2/c1-3-20(22)11-9-18-17-6-4-13-12-14(21-23)5-7-15(13)16(17)8-10-19(18,20)2/h1,12,15-18,22-23H,4-11H2,2H3/b21-14+/t15-,16+,17+,18-,19-,20-/m0/s1. The van der Waals surface area contributed by atoms with Crippen LogP contribution in [-0.2, 0) is 0 Å². The Labute approximate surface area is 138 Å². The highest BCUT2D eigenvalue weighted by atomic mass is 16.4. The Balaban J connectivity index is 1.63. The first-order valence-electron chi connectivity index (χ1n) is 9.14. The second-order valence-corrected chi connectivity index (χ2v) is 8.43. The zero-order valence-corrected chi connectivity index (χ0v) is 14.0. The van der Waals surface area contributed by atoms with E-state index in [1.54, 1.807) is 0 Å². The van der Waals surface area contributed by atoms with Crippen molar-refractivity contribution >= 4 is 5.71 Å². The van der Waals surface area contributed by atoms with Crippen molar-refractivity contribution in [3.63, 3.8) is 0 Å². The first kappa shape index (κ1) is 15.3. The molecule has 0 saturated heterocycles. The van der Waals surface area contributed by atoms with Crippen molar-refractivity contribution in [3.05, 3.63) is 11.6 Å². The summed E-state index contributed by atoms with van der Waals surface area (Å²) in [6, 6.07) is 0. The minimum Gasteiger partial charge on any atom is -0.411 e. The zero-order chi connectivity index (χ0) is 16.2. The maximum Gasteiger partial charge on any atom is 0.130 e. The normalized spacial score (nSPS) is 50.5. The Morgan fingerprint density at radius 2 is 2.00 bits per heavy atom. The number of oxime groups is 1. The maximum absolute atomic E-state index is 11.0. The van der Waals surface area contributed by atoms with Gasteiger partial charge in [0, 0.05) is 5.41 Å². The van der Waals surface area contributed by atoms with E-state index in [4.69, 9.17) is 11.6 Å². The van der Waals surface area contributed by atoms with Crippen LogP contribution in [0.25, 0.3) is 0 Å². The largest absolute Gasteiger partial charge is 0.411 e. The van der Waals surface area contributed by atoms with Gasteiger partial charge in [-0.25, -0.2) is 0 Å². The first-order chi connectivity index (χ1) is 11.0. The SMILES string of the molecule is C#C[C@]1(O)CC[C@H]2[C@@H]3CCC4=C/C(=N/O)CC[C@@H]4[C@H]3CC[C@@]21C. The van der Waals surface area contributed by atoms with E-state index in [0.29, 0.717) is 17.8 Å². The minimum atomic E-state index is -0.901. The Kier molecular flexibility index (Phi) is 3.39. The van der Waals surface area contributed by atoms with Crippen molar-refractivity contribution in [2.24, 2.45) is 34.2 Å². The number of fused-ring (bicyclic) bond motifs is 5. The van der Waals surface area contributed by atoms with Crippen molar-refractivity contribution in [2.75, 3.05) is 0 Å². The molecule has 6 atom stereocenters. The average Bonchev–Trinajstić information content (AvgIpc) is 2.86. The van der Waals surface area contributed by atoms with Gasteiger partial charge in [-0.05, 0) is 81.1 Å². The number of aliphatic hydroxyl groups is 1. The summed E-state index contributed by atoms with van der Waals surface area (Å²) >= 11 is 0. The topological polar surface area (TPSA) is 52.8 Å². The molecule has 4 aliphatic rings. The van der Waals surface area contributed by atoms with E-state index in [-0.39, 0.29) is 5.41 Å². The monoisotopic (exact) mass is 313 g/mol. The summed E-state index contributed by atoms with van der Waals surface area (Å²) in [6.45, 7) is 2.24. The van der Waals surface area contributed by atoms with Crippen LogP contribution in [0.1, 0.15) is 58.3 Å². The summed E-state index contributed by atoms with van der Waals surface area (Å²) in [5.74, 6) is 5.40. The molecule has 3 nitrogen and oxygen atoms in total. The number of allylic oxidation sites excluding steroid dienone is 2. The summed E-state index contributed by atoms with van der Waals surface area (Å²) in [5.41, 5.74) is 1.34. The molecule has 3 heteroatoms. The number of hydrogen-bond acceptors (Lipinski definition) is 3. The van der Waals surface area contributed by atoms with E-state index in [0.717, 1.165) is 50.2 Å². The third-order valence-electron chi connectivity index (χ3n) is 7.83. The van der Waals surface area contributed by atoms with Crippen molar-refractivity contribution < 1.29 is 10.3 Å². The molecule has 3 fully saturated rings. The van der Waals surface area contributed by atoms with Crippen LogP contribution in [0.2, 0.25) is 0 Å². The van der Waals surface area contributed by atoms with Gasteiger partial charge >= 0.3 is 0 Å². The summed E-state index contributed by atoms with van der Waals surface area (Å²) in [6.07, 6.45) is 16.3. The molecule has 0 unspecified atom stereocenters. The van der Waals surface area contributed by atoms with E-state index in [1.807, 2.05) is 0 Å². The van der Waals surface area contributed by atoms with Crippen molar-refractivity contribution in [2.45, 2.75) is 63.9 Å². The Bertz CT molecular complexity index is 616. The molecule has 0 amide bonds. The summed E-state index contributed by atoms with van der Waals surface area (Å²) < 4.78 is 0. The summed E-state index contributed by atoms with van der Waals surface area (Å²) in [7, 11) is 0. The van der Waals surface area contributed by atoms with Crippen LogP contribution >= 0.6 is 0 Å². The molecule has 2 N–H and O–H groups in total. The van der Waals surface area contributed by atoms with Gasteiger partial charge in [-0.1, -0.05) is 23.6 Å². The van der Waals surface area contributed by atoms with Crippen LogP contribution < -0.4 is 0 Å². The van der Waals surface area contributed by atoms with Crippen molar-refractivity contribution in [3.8, 4) is 12.3 Å². The quantitative estimate of drug-likeness (QED) is 0.406. The maximum atomic E-state index is 11.0. The Hall–Kier alpha value is -1.27. The van der Waals surface area contributed by atoms with Crippen LogP contribution in [0.3, 0.4) is 0 Å². The second-order valence-electron chi connectivity index (χ2n) is 8.43. The summed E-state index contributed by atoms with van der Waals surface area (Å²) in [4.78, 5) is 0. The van der Waals surface area contributed by atoms with Gasteiger partial charge in [0.1, 0.15) is 5.60 Å². The number of rotatable bonds is 0. The van der Waals surface area contributed by atoms with E-state index in [2.05, 4.69) is 24.1 Å². The molecule has 0 aromatic carbocycles. The average molecular weight is 313 g/mol. The predicted octanol–water partition coefficient (Wildman–Crippen LogP) is 3.75. The lowest BCUT2D eigenvalue weighted by Crippen LogP contribution is -2.52. The molecule has 0 bridgehead atoms. The molecule has 124 valence electrons. The molecule has 0 aliphatic heterocycles. The molecule has 0 spiro atoms. The van der Waals surface area contributed by atoms with E-state index >= 15 is 0 Å². The fraction of sp³-hybridized carbons (Fsp3) is 0.750. The van der Waals surface area contributed by atoms with Crippen molar-refractivity contribution in [1.29, 1.82) is 0 Å². The van der Waals surface area contributed by atoms with Gasteiger partial charge in [0.2, 0.25) is 0 Å². The van der Waals surface area contributed by atoms with Crippen LogP contribution in [0.5, 0.6) is 0 Å². The van der Waals surface area contributed by atoms with Gasteiger partial charge in [0.25, 0.3) is 0 Å². The Morgan fingerprint density at radius 1 is 1.17 bits per heavy atom. The van der Waals surface area contributed by atoms with E-state index in [1.165, 1.54) is 18.4 Å². The van der Waals surface area contributed by atoms with Crippen molar-refractivity contribution in [1.82, 2.24) is 0 Å². The number of nitrogens with zero attached hydrogens (tertiary/aromatic N) is 1. The van der Waals surface area contributed by atoms with Gasteiger partial charge < -0.3 is 10.3 Å². The molecule has 23 heavy (non-hydrogen) atoms. The third kappa shape index (κ3) is 1.97. The van der Waals surface area contributed by atoms with Crippen LogP contribution in [0, 0.1) is 41.4 Å². The van der Waals surface area contributed by atoms with Gasteiger partial charge in [0.15, 0.2) is 0 Å². The lowest BCUT2D eigenvalue weighted by molar-refractivity contribution is -0.0852. The summed E-state index contributed by atoms with van der Waals surface area (Å²) in [5, 5.41) is 23.4. The first-order valence-corrected chi connectivity index (χ1v) is 9.14. The van der Waals surface area contributed by atoms with Crippen LogP contribution in [-0.4, -0.2) is 21.6 Å². The molecule has 0 aromatic heterocycles. The molecule has 0 aromatic rings. The highest BCUT2D eigenvalue weighted by Gasteiger charge is 2.61. The lowest BCUT2D eigenvalue weighted by Gasteiger charge is -2.54. The van der Waals surface area contributed by atoms with E-state index in [9.17, 15) is 5.11 Å². The predicted molar refractivity (Wildman–Crippen MR) is 90.1 cm³/mol. The van der Waals surface area contributed by atoms with Crippen LogP contribution in [0.4, 0.5) is 0 Å². The van der Waals surface area contributed by atoms with Gasteiger partial charge in [-0.15, -0.1) is 6.42 Å². The fourth-order valence-electron chi connectivity index (χ4n) is 6.53. The van der Waals surface area contributed by atoms with Gasteiger partial charge in [-0.2, -0.15) is 0 Å². The van der Waals surface area contributed by atoms with Crippen LogP contribution in [0.15, 0.2) is 16.8 Å². The lowest BCUT2D eigenvalue weighted by atomic mass is 9.50. The molecule has 4 aliphatic carbocycles. The minimum absolute atomic E-state index is 0.101. The number of hydrogen-bond donors (Lipinski definition) is 2. The molecular weight excluding hydrogens is 286 g/mol. The Morgan fingerprint density at radius 3 is 2.74 bits per heavy atom. The second kappa shape index (κ2) is 5.11. The molecule has 0 heterocycles. The highest BCUT2D eigenvalue weighted by molar-refractivity contribution is 5.96. The number of terminal acetylenes is 1. The zero-order valence-electron chi connectivity index (χ0n) is 14.0. The molecule has 4 rings (SSSR count). The molecule has 3 saturated carbocycles. The third-order valence-corrected chi connectivity index (χ3v) is 7.83. The molecular formula is C20H27NO2. The highest BCUT2D eigenvalue weighted by Crippen LogP contribution is 2.64. The molecule has 0 radical (unpaired) electrons. The van der Waals surface area contributed by atoms with Gasteiger partial charge in [0.05, 0.1) is 5.71 Å². The fourth-order valence-corrected chi connectivity index (χ4v) is 6.53.